The van der Waals surface area contributed by atoms with E-state index in [-0.39, 0.29) is 6.42 Å². The van der Waals surface area contributed by atoms with Crippen LogP contribution in [0.1, 0.15) is 50.7 Å². The molecular weight excluding hydrogens is 264 g/mol. The highest BCUT2D eigenvalue weighted by molar-refractivity contribution is 6.30. The summed E-state index contributed by atoms with van der Waals surface area (Å²) in [6.45, 7) is 6.72. The summed E-state index contributed by atoms with van der Waals surface area (Å²) in [4.78, 5) is 10.6. The molecule has 19 heavy (non-hydrogen) atoms. The van der Waals surface area contributed by atoms with Crippen LogP contribution in [0.5, 0.6) is 5.75 Å². The van der Waals surface area contributed by atoms with Gasteiger partial charge in [0.1, 0.15) is 5.75 Å². The highest BCUT2D eigenvalue weighted by Gasteiger charge is 2.14. The average Bonchev–Trinajstić information content (AvgIpc) is 2.31. The van der Waals surface area contributed by atoms with Crippen molar-refractivity contribution in [2.45, 2.75) is 46.0 Å². The van der Waals surface area contributed by atoms with E-state index in [1.54, 1.807) is 0 Å². The molecule has 0 aliphatic carbocycles. The Bertz CT molecular complexity index is 441. The second-order valence-corrected chi connectivity index (χ2v) is 5.25. The number of benzene rings is 1. The molecule has 0 aliphatic heterocycles. The van der Waals surface area contributed by atoms with Crippen molar-refractivity contribution < 1.29 is 14.6 Å². The third kappa shape index (κ3) is 4.75. The van der Waals surface area contributed by atoms with E-state index in [0.717, 1.165) is 16.9 Å². The van der Waals surface area contributed by atoms with E-state index in [2.05, 4.69) is 13.8 Å². The molecule has 1 rings (SSSR count). The zero-order chi connectivity index (χ0) is 14.4. The van der Waals surface area contributed by atoms with Crippen LogP contribution >= 0.6 is 11.6 Å². The second-order valence-electron chi connectivity index (χ2n) is 4.82. The van der Waals surface area contributed by atoms with Gasteiger partial charge in [-0.1, -0.05) is 25.4 Å². The zero-order valence-corrected chi connectivity index (χ0v) is 12.5. The summed E-state index contributed by atoms with van der Waals surface area (Å²) < 4.78 is 5.74. The minimum atomic E-state index is -0.774. The van der Waals surface area contributed by atoms with Gasteiger partial charge in [0, 0.05) is 11.4 Å². The van der Waals surface area contributed by atoms with Crippen LogP contribution < -0.4 is 4.74 Å². The van der Waals surface area contributed by atoms with E-state index in [1.165, 1.54) is 0 Å². The normalized spacial score (nSPS) is 10.8. The van der Waals surface area contributed by atoms with Crippen LogP contribution in [0.25, 0.3) is 0 Å². The monoisotopic (exact) mass is 284 g/mol. The molecule has 106 valence electrons. The van der Waals surface area contributed by atoms with E-state index in [1.807, 2.05) is 19.1 Å². The molecule has 0 bridgehead atoms. The predicted molar refractivity (Wildman–Crippen MR) is 77.3 cm³/mol. The van der Waals surface area contributed by atoms with E-state index in [0.29, 0.717) is 30.4 Å². The lowest BCUT2D eigenvalue weighted by Crippen LogP contribution is -2.04. The van der Waals surface area contributed by atoms with Crippen molar-refractivity contribution in [3.8, 4) is 5.75 Å². The molecule has 0 aromatic heterocycles. The largest absolute Gasteiger partial charge is 0.493 e. The predicted octanol–water partition coefficient (Wildman–Crippen LogP) is 4.27. The van der Waals surface area contributed by atoms with E-state index >= 15 is 0 Å². The van der Waals surface area contributed by atoms with Crippen molar-refractivity contribution >= 4 is 17.6 Å². The summed E-state index contributed by atoms with van der Waals surface area (Å²) in [5.41, 5.74) is 2.08. The minimum Gasteiger partial charge on any atom is -0.493 e. The van der Waals surface area contributed by atoms with Gasteiger partial charge in [0.25, 0.3) is 0 Å². The molecular formula is C15H21ClO3. The van der Waals surface area contributed by atoms with Gasteiger partial charge in [-0.15, -0.1) is 0 Å². The number of carboxylic acid groups (broad SMARTS) is 1. The molecule has 0 heterocycles. The Kier molecular flexibility index (Phi) is 6.16. The Morgan fingerprint density at radius 1 is 1.42 bits per heavy atom. The average molecular weight is 285 g/mol. The number of aryl methyl sites for hydroxylation is 1. The van der Waals surface area contributed by atoms with Gasteiger partial charge in [0.2, 0.25) is 0 Å². The van der Waals surface area contributed by atoms with Crippen molar-refractivity contribution in [1.29, 1.82) is 0 Å². The SMILES string of the molecule is CCOc1c(CCCC(=O)O)cc(Cl)cc1C(C)C. The number of halogens is 1. The molecule has 0 saturated carbocycles. The zero-order valence-electron chi connectivity index (χ0n) is 11.7. The lowest BCUT2D eigenvalue weighted by atomic mass is 9.96. The molecule has 4 heteroatoms. The Morgan fingerprint density at radius 3 is 2.63 bits per heavy atom. The molecule has 0 saturated heterocycles. The third-order valence-electron chi connectivity index (χ3n) is 2.91. The summed E-state index contributed by atoms with van der Waals surface area (Å²) in [5.74, 6) is 0.412. The maximum atomic E-state index is 10.6. The maximum Gasteiger partial charge on any atom is 0.303 e. The number of carbonyl (C=O) groups is 1. The van der Waals surface area contributed by atoms with Crippen LogP contribution in [0.3, 0.4) is 0 Å². The summed E-state index contributed by atoms with van der Waals surface area (Å²) in [7, 11) is 0. The van der Waals surface area contributed by atoms with Gasteiger partial charge in [-0.25, -0.2) is 0 Å². The van der Waals surface area contributed by atoms with Gasteiger partial charge < -0.3 is 9.84 Å². The minimum absolute atomic E-state index is 0.162. The fourth-order valence-corrected chi connectivity index (χ4v) is 2.29. The van der Waals surface area contributed by atoms with Crippen LogP contribution in [0.4, 0.5) is 0 Å². The van der Waals surface area contributed by atoms with Crippen LogP contribution in [-0.2, 0) is 11.2 Å². The highest BCUT2D eigenvalue weighted by atomic mass is 35.5. The fraction of sp³-hybridized carbons (Fsp3) is 0.533. The number of carboxylic acids is 1. The summed E-state index contributed by atoms with van der Waals surface area (Å²) in [6, 6.07) is 3.80. The molecule has 0 spiro atoms. The van der Waals surface area contributed by atoms with E-state index < -0.39 is 5.97 Å². The first kappa shape index (κ1) is 15.8. The Labute approximate surface area is 119 Å². The van der Waals surface area contributed by atoms with Gasteiger partial charge in [-0.2, -0.15) is 0 Å². The first-order chi connectivity index (χ1) is 8.95. The molecule has 1 aromatic rings. The van der Waals surface area contributed by atoms with Crippen molar-refractivity contribution in [3.63, 3.8) is 0 Å². The fourth-order valence-electron chi connectivity index (χ4n) is 2.04. The van der Waals surface area contributed by atoms with Crippen LogP contribution in [-0.4, -0.2) is 17.7 Å². The number of aliphatic carboxylic acids is 1. The number of hydrogen-bond acceptors (Lipinski definition) is 2. The lowest BCUT2D eigenvalue weighted by Gasteiger charge is -2.18. The van der Waals surface area contributed by atoms with Crippen LogP contribution in [0.2, 0.25) is 5.02 Å². The Hall–Kier alpha value is -1.22. The van der Waals surface area contributed by atoms with Crippen LogP contribution in [0.15, 0.2) is 12.1 Å². The molecule has 0 amide bonds. The maximum absolute atomic E-state index is 10.6. The first-order valence-electron chi connectivity index (χ1n) is 6.62. The number of ether oxygens (including phenoxy) is 1. The lowest BCUT2D eigenvalue weighted by molar-refractivity contribution is -0.137. The van der Waals surface area contributed by atoms with Gasteiger partial charge in [-0.3, -0.25) is 4.79 Å². The molecule has 0 radical (unpaired) electrons. The van der Waals surface area contributed by atoms with Gasteiger partial charge in [-0.05, 0) is 48.9 Å². The number of hydrogen-bond donors (Lipinski definition) is 1. The van der Waals surface area contributed by atoms with Crippen molar-refractivity contribution in [3.05, 3.63) is 28.3 Å². The Morgan fingerprint density at radius 2 is 2.11 bits per heavy atom. The topological polar surface area (TPSA) is 46.5 Å². The van der Waals surface area contributed by atoms with Crippen molar-refractivity contribution in [2.24, 2.45) is 0 Å². The summed E-state index contributed by atoms with van der Waals surface area (Å²) in [6.07, 6.45) is 1.42. The van der Waals surface area contributed by atoms with Crippen molar-refractivity contribution in [1.82, 2.24) is 0 Å². The standard InChI is InChI=1S/C15H21ClO3/c1-4-19-15-11(6-5-7-14(17)18)8-12(16)9-13(15)10(2)3/h8-10H,4-7H2,1-3H3,(H,17,18). The molecule has 0 unspecified atom stereocenters. The van der Waals surface area contributed by atoms with E-state index in [4.69, 9.17) is 21.4 Å². The van der Waals surface area contributed by atoms with E-state index in [9.17, 15) is 4.79 Å². The molecule has 0 fully saturated rings. The molecule has 0 atom stereocenters. The van der Waals surface area contributed by atoms with Gasteiger partial charge >= 0.3 is 5.97 Å². The highest BCUT2D eigenvalue weighted by Crippen LogP contribution is 2.34. The molecule has 1 N–H and O–H groups in total. The third-order valence-corrected chi connectivity index (χ3v) is 3.13. The summed E-state index contributed by atoms with van der Waals surface area (Å²) >= 11 is 6.14. The molecule has 3 nitrogen and oxygen atoms in total. The van der Waals surface area contributed by atoms with Gasteiger partial charge in [0.15, 0.2) is 0 Å². The van der Waals surface area contributed by atoms with Gasteiger partial charge in [0.05, 0.1) is 6.61 Å². The Balaban J connectivity index is 3.02. The number of rotatable bonds is 7. The smallest absolute Gasteiger partial charge is 0.303 e. The summed E-state index contributed by atoms with van der Waals surface area (Å²) in [5, 5.41) is 9.38. The first-order valence-corrected chi connectivity index (χ1v) is 7.00. The van der Waals surface area contributed by atoms with Crippen molar-refractivity contribution in [2.75, 3.05) is 6.61 Å². The quantitative estimate of drug-likeness (QED) is 0.813. The molecule has 0 aliphatic rings. The second kappa shape index (κ2) is 7.39. The van der Waals surface area contributed by atoms with Crippen LogP contribution in [0, 0.1) is 0 Å². The molecule has 1 aromatic carbocycles.